The van der Waals surface area contributed by atoms with Crippen molar-refractivity contribution in [2.45, 2.75) is 18.8 Å². The molecule has 0 saturated carbocycles. The quantitative estimate of drug-likeness (QED) is 0.842. The van der Waals surface area contributed by atoms with Crippen molar-refractivity contribution >= 4 is 22.9 Å². The molecule has 1 aromatic carbocycles. The number of rotatable bonds is 6. The molecule has 0 aliphatic carbocycles. The summed E-state index contributed by atoms with van der Waals surface area (Å²) in [5.41, 5.74) is 0.998. The standard InChI is InChI=1S/C14H14O6/c1-19-8-2-3-9-11(7-20-12(9)6-8)10(14(17)18)4-5-13(15)16/h2-3,6-7,10H,4-5H2,1H3,(H,15,16)(H,17,18). The summed E-state index contributed by atoms with van der Waals surface area (Å²) in [5.74, 6) is -2.38. The van der Waals surface area contributed by atoms with Gasteiger partial charge in [-0.15, -0.1) is 0 Å². The van der Waals surface area contributed by atoms with E-state index in [1.54, 1.807) is 18.2 Å². The minimum absolute atomic E-state index is 0.0192. The lowest BCUT2D eigenvalue weighted by Crippen LogP contribution is -2.13. The van der Waals surface area contributed by atoms with Crippen molar-refractivity contribution in [3.8, 4) is 5.75 Å². The van der Waals surface area contributed by atoms with Gasteiger partial charge in [-0.25, -0.2) is 0 Å². The average molecular weight is 278 g/mol. The maximum atomic E-state index is 11.3. The summed E-state index contributed by atoms with van der Waals surface area (Å²) in [7, 11) is 1.53. The van der Waals surface area contributed by atoms with Crippen LogP contribution in [0.25, 0.3) is 11.0 Å². The Labute approximate surface area is 114 Å². The molecule has 0 fully saturated rings. The van der Waals surface area contributed by atoms with Gasteiger partial charge in [0.15, 0.2) is 0 Å². The Hall–Kier alpha value is -2.50. The molecule has 0 aliphatic heterocycles. The Kier molecular flexibility index (Phi) is 3.93. The van der Waals surface area contributed by atoms with Crippen molar-refractivity contribution in [3.05, 3.63) is 30.0 Å². The molecule has 20 heavy (non-hydrogen) atoms. The van der Waals surface area contributed by atoms with Gasteiger partial charge in [-0.2, -0.15) is 0 Å². The van der Waals surface area contributed by atoms with Gasteiger partial charge < -0.3 is 19.4 Å². The number of benzene rings is 1. The lowest BCUT2D eigenvalue weighted by Gasteiger charge is -2.09. The topological polar surface area (TPSA) is 97.0 Å². The Morgan fingerprint density at radius 1 is 1.35 bits per heavy atom. The van der Waals surface area contributed by atoms with Crippen LogP contribution in [0.5, 0.6) is 5.75 Å². The molecule has 1 aromatic heterocycles. The highest BCUT2D eigenvalue weighted by molar-refractivity contribution is 5.89. The van der Waals surface area contributed by atoms with E-state index in [0.717, 1.165) is 0 Å². The van der Waals surface area contributed by atoms with Gasteiger partial charge in [-0.1, -0.05) is 0 Å². The lowest BCUT2D eigenvalue weighted by molar-refractivity contribution is -0.140. The number of ether oxygens (including phenoxy) is 1. The molecule has 0 spiro atoms. The molecule has 0 bridgehead atoms. The number of carbonyl (C=O) groups is 2. The number of hydrogen-bond donors (Lipinski definition) is 2. The van der Waals surface area contributed by atoms with Crippen molar-refractivity contribution in [1.82, 2.24) is 0 Å². The Morgan fingerprint density at radius 2 is 2.10 bits per heavy atom. The highest BCUT2D eigenvalue weighted by atomic mass is 16.5. The van der Waals surface area contributed by atoms with Crippen LogP contribution in [0.2, 0.25) is 0 Å². The molecule has 0 radical (unpaired) electrons. The molecule has 106 valence electrons. The third kappa shape index (κ3) is 2.74. The zero-order valence-electron chi connectivity index (χ0n) is 10.8. The van der Waals surface area contributed by atoms with E-state index in [4.69, 9.17) is 14.3 Å². The van der Waals surface area contributed by atoms with E-state index in [9.17, 15) is 14.7 Å². The second kappa shape index (κ2) is 5.64. The van der Waals surface area contributed by atoms with Crippen molar-refractivity contribution in [2.24, 2.45) is 0 Å². The van der Waals surface area contributed by atoms with E-state index in [1.165, 1.54) is 13.4 Å². The average Bonchev–Trinajstić information content (AvgIpc) is 2.81. The summed E-state index contributed by atoms with van der Waals surface area (Å²) in [5, 5.41) is 18.6. The predicted molar refractivity (Wildman–Crippen MR) is 70.0 cm³/mol. The molecule has 6 nitrogen and oxygen atoms in total. The van der Waals surface area contributed by atoms with Crippen LogP contribution in [0, 0.1) is 0 Å². The van der Waals surface area contributed by atoms with Crippen LogP contribution in [0.15, 0.2) is 28.9 Å². The minimum Gasteiger partial charge on any atom is -0.497 e. The Bertz CT molecular complexity index is 642. The van der Waals surface area contributed by atoms with Crippen LogP contribution >= 0.6 is 0 Å². The molecule has 0 amide bonds. The van der Waals surface area contributed by atoms with E-state index in [-0.39, 0.29) is 12.8 Å². The van der Waals surface area contributed by atoms with Gasteiger partial charge in [-0.05, 0) is 18.6 Å². The van der Waals surface area contributed by atoms with Crippen molar-refractivity contribution < 1.29 is 29.0 Å². The van der Waals surface area contributed by atoms with Gasteiger partial charge in [0.1, 0.15) is 11.3 Å². The fraction of sp³-hybridized carbons (Fsp3) is 0.286. The van der Waals surface area contributed by atoms with E-state index >= 15 is 0 Å². The maximum absolute atomic E-state index is 11.3. The largest absolute Gasteiger partial charge is 0.497 e. The first-order valence-electron chi connectivity index (χ1n) is 6.02. The number of carboxylic acid groups (broad SMARTS) is 2. The number of methoxy groups -OCH3 is 1. The Morgan fingerprint density at radius 3 is 2.70 bits per heavy atom. The third-order valence-corrected chi connectivity index (χ3v) is 3.13. The lowest BCUT2D eigenvalue weighted by atomic mass is 9.94. The normalized spacial score (nSPS) is 12.2. The van der Waals surface area contributed by atoms with Crippen LogP contribution in [0.4, 0.5) is 0 Å². The predicted octanol–water partition coefficient (Wildman–Crippen LogP) is 2.47. The first kappa shape index (κ1) is 13.9. The molecule has 2 N–H and O–H groups in total. The van der Waals surface area contributed by atoms with Gasteiger partial charge in [0.25, 0.3) is 0 Å². The van der Waals surface area contributed by atoms with E-state index in [1.807, 2.05) is 0 Å². The van der Waals surface area contributed by atoms with Crippen molar-refractivity contribution in [1.29, 1.82) is 0 Å². The van der Waals surface area contributed by atoms with Crippen LogP contribution < -0.4 is 4.74 Å². The number of fused-ring (bicyclic) bond motifs is 1. The molecule has 0 aliphatic rings. The summed E-state index contributed by atoms with van der Waals surface area (Å²) in [4.78, 5) is 21.9. The highest BCUT2D eigenvalue weighted by Crippen LogP contribution is 2.32. The molecular formula is C14H14O6. The number of hydrogen-bond acceptors (Lipinski definition) is 4. The fourth-order valence-electron chi connectivity index (χ4n) is 2.11. The minimum atomic E-state index is -1.07. The van der Waals surface area contributed by atoms with Crippen LogP contribution in [-0.2, 0) is 9.59 Å². The zero-order valence-corrected chi connectivity index (χ0v) is 10.8. The second-order valence-electron chi connectivity index (χ2n) is 4.38. The molecule has 1 atom stereocenters. The number of carboxylic acids is 2. The molecule has 1 unspecified atom stereocenters. The summed E-state index contributed by atoms with van der Waals surface area (Å²) < 4.78 is 10.4. The zero-order chi connectivity index (χ0) is 14.7. The van der Waals surface area contributed by atoms with Gasteiger partial charge in [0, 0.05) is 23.4 Å². The second-order valence-corrected chi connectivity index (χ2v) is 4.38. The summed E-state index contributed by atoms with van der Waals surface area (Å²) in [6, 6.07) is 5.08. The first-order valence-corrected chi connectivity index (χ1v) is 6.02. The molecule has 1 heterocycles. The van der Waals surface area contributed by atoms with Gasteiger partial charge in [0.05, 0.1) is 19.3 Å². The SMILES string of the molecule is COc1ccc2c(C(CCC(=O)O)C(=O)O)coc2c1. The maximum Gasteiger partial charge on any atom is 0.311 e. The molecule has 2 rings (SSSR count). The summed E-state index contributed by atoms with van der Waals surface area (Å²) in [6.07, 6.45) is 1.18. The summed E-state index contributed by atoms with van der Waals surface area (Å²) >= 11 is 0. The Balaban J connectivity index is 2.38. The number of aliphatic carboxylic acids is 2. The van der Waals surface area contributed by atoms with Crippen LogP contribution in [0.1, 0.15) is 24.3 Å². The van der Waals surface area contributed by atoms with Crippen LogP contribution in [0.3, 0.4) is 0 Å². The van der Waals surface area contributed by atoms with Gasteiger partial charge in [-0.3, -0.25) is 9.59 Å². The van der Waals surface area contributed by atoms with Gasteiger partial charge in [0.2, 0.25) is 0 Å². The van der Waals surface area contributed by atoms with E-state index in [2.05, 4.69) is 0 Å². The molecule has 2 aromatic rings. The van der Waals surface area contributed by atoms with Crippen molar-refractivity contribution in [3.63, 3.8) is 0 Å². The van der Waals surface area contributed by atoms with Gasteiger partial charge >= 0.3 is 11.9 Å². The van der Waals surface area contributed by atoms with E-state index < -0.39 is 17.9 Å². The van der Waals surface area contributed by atoms with E-state index in [0.29, 0.717) is 22.3 Å². The molecule has 6 heteroatoms. The number of furan rings is 1. The monoisotopic (exact) mass is 278 g/mol. The fourth-order valence-corrected chi connectivity index (χ4v) is 2.11. The third-order valence-electron chi connectivity index (χ3n) is 3.13. The van der Waals surface area contributed by atoms with Crippen LogP contribution in [-0.4, -0.2) is 29.3 Å². The summed E-state index contributed by atoms with van der Waals surface area (Å²) in [6.45, 7) is 0. The molecule has 0 saturated heterocycles. The smallest absolute Gasteiger partial charge is 0.311 e. The van der Waals surface area contributed by atoms with Crippen molar-refractivity contribution in [2.75, 3.05) is 7.11 Å². The highest BCUT2D eigenvalue weighted by Gasteiger charge is 2.24. The molecular weight excluding hydrogens is 264 g/mol. The first-order chi connectivity index (χ1) is 9.52.